The van der Waals surface area contributed by atoms with Gasteiger partial charge in [0.1, 0.15) is 0 Å². The predicted molar refractivity (Wildman–Crippen MR) is 91.2 cm³/mol. The maximum absolute atomic E-state index is 13.0. The maximum Gasteiger partial charge on any atom is 0.264 e. The number of halogens is 1. The lowest BCUT2D eigenvalue weighted by molar-refractivity contribution is -0.115. The number of benzene rings is 2. The second-order valence-electron chi connectivity index (χ2n) is 5.64. The largest absolute Gasteiger partial charge is 0.326 e. The Balaban J connectivity index is 1.76. The summed E-state index contributed by atoms with van der Waals surface area (Å²) in [4.78, 5) is 11.7. The Kier molecular flexibility index (Phi) is 3.24. The molecule has 1 N–H and O–H groups in total. The molecule has 1 amide bonds. The molecule has 118 valence electrons. The molecule has 0 aromatic heterocycles. The highest BCUT2D eigenvalue weighted by Gasteiger charge is 2.32. The predicted octanol–water partition coefficient (Wildman–Crippen LogP) is 2.70. The highest BCUT2D eigenvalue weighted by atomic mass is 79.9. The Labute approximate surface area is 142 Å². The molecule has 7 heteroatoms. The summed E-state index contributed by atoms with van der Waals surface area (Å²) in [7, 11) is -3.63. The number of fused-ring (bicyclic) bond motifs is 2. The van der Waals surface area contributed by atoms with Crippen molar-refractivity contribution in [3.63, 3.8) is 0 Å². The molecule has 23 heavy (non-hydrogen) atoms. The summed E-state index contributed by atoms with van der Waals surface area (Å²) in [5.41, 5.74) is 3.16. The Morgan fingerprint density at radius 2 is 1.91 bits per heavy atom. The van der Waals surface area contributed by atoms with Gasteiger partial charge in [-0.3, -0.25) is 9.10 Å². The highest BCUT2D eigenvalue weighted by molar-refractivity contribution is 9.10. The van der Waals surface area contributed by atoms with Gasteiger partial charge in [-0.2, -0.15) is 0 Å². The summed E-state index contributed by atoms with van der Waals surface area (Å²) in [6.45, 7) is 0.433. The number of carbonyl (C=O) groups is 1. The van der Waals surface area contributed by atoms with Crippen molar-refractivity contribution in [2.24, 2.45) is 0 Å². The van der Waals surface area contributed by atoms with Gasteiger partial charge in [-0.25, -0.2) is 8.42 Å². The van der Waals surface area contributed by atoms with Crippen molar-refractivity contribution >= 4 is 43.2 Å². The Morgan fingerprint density at radius 1 is 1.09 bits per heavy atom. The van der Waals surface area contributed by atoms with Crippen molar-refractivity contribution in [2.75, 3.05) is 16.2 Å². The smallest absolute Gasteiger partial charge is 0.264 e. The molecule has 0 atom stereocenters. The molecule has 2 aliphatic rings. The van der Waals surface area contributed by atoms with E-state index in [0.29, 0.717) is 18.7 Å². The van der Waals surface area contributed by atoms with E-state index in [1.54, 1.807) is 18.2 Å². The minimum Gasteiger partial charge on any atom is -0.326 e. The van der Waals surface area contributed by atoms with Crippen molar-refractivity contribution < 1.29 is 13.2 Å². The van der Waals surface area contributed by atoms with Crippen molar-refractivity contribution in [2.45, 2.75) is 17.7 Å². The molecule has 4 rings (SSSR count). The Morgan fingerprint density at radius 3 is 2.74 bits per heavy atom. The topological polar surface area (TPSA) is 66.5 Å². The standard InChI is InChI=1S/C16H13BrN2O3S/c17-12-1-4-15-10(7-12)5-6-19(15)23(21,22)13-2-3-14-11(8-13)9-16(20)18-14/h1-4,7-8H,5-6,9H2,(H,18,20). The number of amides is 1. The second-order valence-corrected chi connectivity index (χ2v) is 8.42. The summed E-state index contributed by atoms with van der Waals surface area (Å²) in [6.07, 6.45) is 0.918. The number of sulfonamides is 1. The van der Waals surface area contributed by atoms with Gasteiger partial charge >= 0.3 is 0 Å². The van der Waals surface area contributed by atoms with Crippen LogP contribution in [0.2, 0.25) is 0 Å². The third-order valence-corrected chi connectivity index (χ3v) is 6.49. The quantitative estimate of drug-likeness (QED) is 0.853. The van der Waals surface area contributed by atoms with Gasteiger partial charge in [0, 0.05) is 16.7 Å². The van der Waals surface area contributed by atoms with E-state index in [2.05, 4.69) is 21.2 Å². The first kappa shape index (κ1) is 14.7. The van der Waals surface area contributed by atoms with Crippen LogP contribution in [0.15, 0.2) is 45.8 Å². The molecular weight excluding hydrogens is 380 g/mol. The van der Waals surface area contributed by atoms with E-state index in [1.807, 2.05) is 18.2 Å². The molecule has 2 heterocycles. The lowest BCUT2D eigenvalue weighted by atomic mass is 10.2. The Bertz CT molecular complexity index is 940. The maximum atomic E-state index is 13.0. The zero-order chi connectivity index (χ0) is 16.2. The van der Waals surface area contributed by atoms with Crippen LogP contribution in [0.25, 0.3) is 0 Å². The van der Waals surface area contributed by atoms with Crippen LogP contribution in [0.4, 0.5) is 11.4 Å². The van der Waals surface area contributed by atoms with E-state index >= 15 is 0 Å². The van der Waals surface area contributed by atoms with E-state index in [1.165, 1.54) is 4.31 Å². The minimum atomic E-state index is -3.63. The zero-order valence-corrected chi connectivity index (χ0v) is 14.4. The van der Waals surface area contributed by atoms with Crippen LogP contribution in [0, 0.1) is 0 Å². The normalized spacial score (nSPS) is 16.2. The minimum absolute atomic E-state index is 0.106. The van der Waals surface area contributed by atoms with Gasteiger partial charge in [-0.05, 0) is 53.9 Å². The van der Waals surface area contributed by atoms with Crippen LogP contribution < -0.4 is 9.62 Å². The molecule has 0 spiro atoms. The van der Waals surface area contributed by atoms with Gasteiger partial charge < -0.3 is 5.32 Å². The molecule has 5 nitrogen and oxygen atoms in total. The van der Waals surface area contributed by atoms with Gasteiger partial charge in [-0.1, -0.05) is 15.9 Å². The fraction of sp³-hybridized carbons (Fsp3) is 0.188. The van der Waals surface area contributed by atoms with Gasteiger partial charge in [0.15, 0.2) is 0 Å². The van der Waals surface area contributed by atoms with Crippen LogP contribution in [0.1, 0.15) is 11.1 Å². The summed E-state index contributed by atoms with van der Waals surface area (Å²) in [6, 6.07) is 10.4. The first-order valence-electron chi connectivity index (χ1n) is 7.19. The van der Waals surface area contributed by atoms with Crippen LogP contribution in [0.3, 0.4) is 0 Å². The van der Waals surface area contributed by atoms with Crippen molar-refractivity contribution in [1.29, 1.82) is 0 Å². The van der Waals surface area contributed by atoms with Crippen LogP contribution in [-0.2, 0) is 27.7 Å². The molecule has 0 saturated heterocycles. The highest BCUT2D eigenvalue weighted by Crippen LogP contribution is 2.35. The SMILES string of the molecule is O=C1Cc2cc(S(=O)(=O)N3CCc4cc(Br)ccc43)ccc2N1. The first-order chi connectivity index (χ1) is 10.9. The number of rotatable bonds is 2. The van der Waals surface area contributed by atoms with E-state index in [0.717, 1.165) is 21.3 Å². The van der Waals surface area contributed by atoms with Crippen molar-refractivity contribution in [3.05, 3.63) is 52.0 Å². The summed E-state index contributed by atoms with van der Waals surface area (Å²) in [5.74, 6) is -0.106. The average Bonchev–Trinajstić information content (AvgIpc) is 3.08. The average molecular weight is 393 g/mol. The van der Waals surface area contributed by atoms with E-state index in [4.69, 9.17) is 0 Å². The van der Waals surface area contributed by atoms with Crippen molar-refractivity contribution in [1.82, 2.24) is 0 Å². The molecule has 0 aliphatic carbocycles. The van der Waals surface area contributed by atoms with E-state index in [9.17, 15) is 13.2 Å². The number of hydrogen-bond donors (Lipinski definition) is 1. The van der Waals surface area contributed by atoms with Crippen LogP contribution in [0.5, 0.6) is 0 Å². The van der Waals surface area contributed by atoms with Gasteiger partial charge in [0.05, 0.1) is 17.0 Å². The van der Waals surface area contributed by atoms with E-state index in [-0.39, 0.29) is 17.2 Å². The lowest BCUT2D eigenvalue weighted by Gasteiger charge is -2.20. The summed E-state index contributed by atoms with van der Waals surface area (Å²) >= 11 is 3.41. The van der Waals surface area contributed by atoms with Gasteiger partial charge in [-0.15, -0.1) is 0 Å². The fourth-order valence-electron chi connectivity index (χ4n) is 3.08. The molecule has 0 unspecified atom stereocenters. The van der Waals surface area contributed by atoms with Gasteiger partial charge in [0.2, 0.25) is 5.91 Å². The Hall–Kier alpha value is -1.86. The van der Waals surface area contributed by atoms with Crippen LogP contribution in [-0.4, -0.2) is 20.9 Å². The van der Waals surface area contributed by atoms with Crippen LogP contribution >= 0.6 is 15.9 Å². The van der Waals surface area contributed by atoms with E-state index < -0.39 is 10.0 Å². The molecular formula is C16H13BrN2O3S. The fourth-order valence-corrected chi connectivity index (χ4v) is 5.05. The molecule has 2 aliphatic heterocycles. The molecule has 0 fully saturated rings. The number of nitrogens with one attached hydrogen (secondary N) is 1. The number of nitrogens with zero attached hydrogens (tertiary/aromatic N) is 1. The summed E-state index contributed by atoms with van der Waals surface area (Å²) < 4.78 is 28.3. The summed E-state index contributed by atoms with van der Waals surface area (Å²) in [5, 5.41) is 2.71. The number of carbonyl (C=O) groups excluding carboxylic acids is 1. The number of anilines is 2. The zero-order valence-electron chi connectivity index (χ0n) is 12.0. The third kappa shape index (κ3) is 2.35. The molecule has 0 saturated carbocycles. The molecule has 0 bridgehead atoms. The first-order valence-corrected chi connectivity index (χ1v) is 9.42. The lowest BCUT2D eigenvalue weighted by Crippen LogP contribution is -2.29. The number of hydrogen-bond acceptors (Lipinski definition) is 3. The third-order valence-electron chi connectivity index (χ3n) is 4.18. The molecule has 2 aromatic rings. The molecule has 0 radical (unpaired) electrons. The molecule has 2 aromatic carbocycles. The van der Waals surface area contributed by atoms with Gasteiger partial charge in [0.25, 0.3) is 10.0 Å². The van der Waals surface area contributed by atoms with Crippen molar-refractivity contribution in [3.8, 4) is 0 Å². The second kappa shape index (κ2) is 5.07. The monoisotopic (exact) mass is 392 g/mol.